The number of allylic oxidation sites excluding steroid dienone is 1. The third-order valence-corrected chi connectivity index (χ3v) is 4.90. The van der Waals surface area contributed by atoms with Crippen molar-refractivity contribution in [3.8, 4) is 23.1 Å². The Morgan fingerprint density at radius 3 is 2.74 bits per heavy atom. The lowest BCUT2D eigenvalue weighted by atomic mass is 10.0. The zero-order valence-electron chi connectivity index (χ0n) is 14.6. The molecule has 1 N–H and O–H groups in total. The van der Waals surface area contributed by atoms with Gasteiger partial charge in [-0.25, -0.2) is 4.98 Å². The Kier molecular flexibility index (Phi) is 5.01. The largest absolute Gasteiger partial charge is 0.502 e. The summed E-state index contributed by atoms with van der Waals surface area (Å²) in [5.74, 6) is -0.415. The van der Waals surface area contributed by atoms with Crippen LogP contribution in [-0.4, -0.2) is 15.0 Å². The quantitative estimate of drug-likeness (QED) is 0.387. The van der Waals surface area contributed by atoms with Crippen molar-refractivity contribution < 1.29 is 10.0 Å². The number of aryl methyl sites for hydroxylation is 2. The lowest BCUT2D eigenvalue weighted by molar-refractivity contribution is -0.385. The van der Waals surface area contributed by atoms with Crippen molar-refractivity contribution in [2.24, 2.45) is 0 Å². The van der Waals surface area contributed by atoms with Gasteiger partial charge in [-0.05, 0) is 37.1 Å². The van der Waals surface area contributed by atoms with E-state index in [1.807, 2.05) is 31.4 Å². The fraction of sp³-hybridized carbons (Fsp3) is 0.100. The SMILES string of the molecule is Cc1ccc(-c2csc(/C(C#N)=C/c3ccc(O)c([N+](=O)[O-])c3)n2)c(C)c1. The number of hydrogen-bond acceptors (Lipinski definition) is 6. The van der Waals surface area contributed by atoms with Gasteiger partial charge in [-0.15, -0.1) is 11.3 Å². The molecule has 0 saturated carbocycles. The van der Waals surface area contributed by atoms with E-state index in [0.717, 1.165) is 16.8 Å². The standard InChI is InChI=1S/C20H15N3O3S/c1-12-3-5-16(13(2)7-12)17-11-27-20(22-17)15(10-21)8-14-4-6-19(24)18(9-14)23(25)26/h3-9,11,24H,1-2H3/b15-8+. The molecule has 1 aromatic heterocycles. The summed E-state index contributed by atoms with van der Waals surface area (Å²) in [5.41, 5.74) is 4.39. The molecule has 3 rings (SSSR count). The predicted octanol–water partition coefficient (Wildman–Crippen LogP) is 5.10. The van der Waals surface area contributed by atoms with E-state index in [-0.39, 0.29) is 0 Å². The molecule has 134 valence electrons. The van der Waals surface area contributed by atoms with Crippen molar-refractivity contribution >= 4 is 28.7 Å². The number of aromatic hydroxyl groups is 1. The average Bonchev–Trinajstić information content (AvgIpc) is 3.10. The minimum Gasteiger partial charge on any atom is -0.502 e. The van der Waals surface area contributed by atoms with Gasteiger partial charge in [0.2, 0.25) is 0 Å². The van der Waals surface area contributed by atoms with Crippen LogP contribution < -0.4 is 0 Å². The Morgan fingerprint density at radius 1 is 1.30 bits per heavy atom. The first-order chi connectivity index (χ1) is 12.9. The van der Waals surface area contributed by atoms with E-state index in [0.29, 0.717) is 16.1 Å². The number of nitrogens with zero attached hydrogens (tertiary/aromatic N) is 3. The van der Waals surface area contributed by atoms with Gasteiger partial charge in [-0.3, -0.25) is 10.1 Å². The maximum atomic E-state index is 11.0. The molecule has 0 aliphatic rings. The number of nitro benzene ring substituents is 1. The van der Waals surface area contributed by atoms with Crippen molar-refractivity contribution in [3.63, 3.8) is 0 Å². The van der Waals surface area contributed by atoms with Gasteiger partial charge in [-0.2, -0.15) is 5.26 Å². The fourth-order valence-corrected chi connectivity index (χ4v) is 3.49. The monoisotopic (exact) mass is 377 g/mol. The molecule has 0 aliphatic heterocycles. The van der Waals surface area contributed by atoms with Gasteiger partial charge in [0.1, 0.15) is 11.1 Å². The molecule has 0 bridgehead atoms. The highest BCUT2D eigenvalue weighted by molar-refractivity contribution is 7.11. The predicted molar refractivity (Wildman–Crippen MR) is 105 cm³/mol. The van der Waals surface area contributed by atoms with Crippen molar-refractivity contribution in [3.05, 3.63) is 73.6 Å². The second-order valence-corrected chi connectivity index (χ2v) is 6.89. The third kappa shape index (κ3) is 3.86. The molecule has 2 aromatic carbocycles. The number of hydrogen-bond donors (Lipinski definition) is 1. The average molecular weight is 377 g/mol. The van der Waals surface area contributed by atoms with Crippen LogP contribution in [0, 0.1) is 35.3 Å². The number of phenols is 1. The number of thiazole rings is 1. The number of rotatable bonds is 4. The highest BCUT2D eigenvalue weighted by atomic mass is 32.1. The highest BCUT2D eigenvalue weighted by Crippen LogP contribution is 2.31. The third-order valence-electron chi connectivity index (χ3n) is 4.02. The summed E-state index contributed by atoms with van der Waals surface area (Å²) in [6.45, 7) is 4.04. The van der Waals surface area contributed by atoms with Crippen LogP contribution in [0.5, 0.6) is 5.75 Å². The minimum absolute atomic E-state index is 0.302. The summed E-state index contributed by atoms with van der Waals surface area (Å²) in [6.07, 6.45) is 1.52. The van der Waals surface area contributed by atoms with Gasteiger partial charge >= 0.3 is 5.69 Å². The van der Waals surface area contributed by atoms with Crippen molar-refractivity contribution in [1.82, 2.24) is 4.98 Å². The maximum Gasteiger partial charge on any atom is 0.311 e. The van der Waals surface area contributed by atoms with E-state index < -0.39 is 16.4 Å². The molecule has 0 radical (unpaired) electrons. The van der Waals surface area contributed by atoms with E-state index in [1.165, 1.54) is 41.2 Å². The number of nitriles is 1. The van der Waals surface area contributed by atoms with Gasteiger partial charge < -0.3 is 5.11 Å². The summed E-state index contributed by atoms with van der Waals surface area (Å²) >= 11 is 1.34. The highest BCUT2D eigenvalue weighted by Gasteiger charge is 2.15. The minimum atomic E-state index is -0.666. The molecule has 0 unspecified atom stereocenters. The van der Waals surface area contributed by atoms with Crippen molar-refractivity contribution in [2.45, 2.75) is 13.8 Å². The van der Waals surface area contributed by atoms with Gasteiger partial charge in [0.15, 0.2) is 5.75 Å². The molecule has 1 heterocycles. The van der Waals surface area contributed by atoms with E-state index in [4.69, 9.17) is 0 Å². The second kappa shape index (κ2) is 7.40. The maximum absolute atomic E-state index is 11.0. The lowest BCUT2D eigenvalue weighted by Crippen LogP contribution is -1.90. The molecule has 0 saturated heterocycles. The Labute approximate surface area is 159 Å². The van der Waals surface area contributed by atoms with Crippen LogP contribution in [0.15, 0.2) is 41.8 Å². The Hall–Kier alpha value is -3.50. The van der Waals surface area contributed by atoms with Crippen molar-refractivity contribution in [2.75, 3.05) is 0 Å². The molecule has 0 fully saturated rings. The number of aromatic nitrogens is 1. The Balaban J connectivity index is 1.99. The first-order valence-corrected chi connectivity index (χ1v) is 8.89. The van der Waals surface area contributed by atoms with Crippen LogP contribution in [0.3, 0.4) is 0 Å². The smallest absolute Gasteiger partial charge is 0.311 e. The van der Waals surface area contributed by atoms with Gasteiger partial charge in [0.05, 0.1) is 16.2 Å². The first kappa shape index (κ1) is 18.3. The lowest BCUT2D eigenvalue weighted by Gasteiger charge is -2.03. The number of benzene rings is 2. The normalized spacial score (nSPS) is 11.2. The first-order valence-electron chi connectivity index (χ1n) is 8.02. The molecule has 0 atom stereocenters. The molecule has 0 aliphatic carbocycles. The molecule has 0 spiro atoms. The van der Waals surface area contributed by atoms with E-state index in [2.05, 4.69) is 17.1 Å². The molecule has 3 aromatic rings. The van der Waals surface area contributed by atoms with E-state index >= 15 is 0 Å². The van der Waals surface area contributed by atoms with Crippen LogP contribution in [0.4, 0.5) is 5.69 Å². The zero-order valence-corrected chi connectivity index (χ0v) is 15.4. The molecular formula is C20H15N3O3S. The molecule has 0 amide bonds. The Bertz CT molecular complexity index is 1110. The topological polar surface area (TPSA) is 100 Å². The molecule has 6 nitrogen and oxygen atoms in total. The summed E-state index contributed by atoms with van der Waals surface area (Å²) < 4.78 is 0. The summed E-state index contributed by atoms with van der Waals surface area (Å²) in [7, 11) is 0. The van der Waals surface area contributed by atoms with Crippen LogP contribution in [0.2, 0.25) is 0 Å². The van der Waals surface area contributed by atoms with E-state index in [9.17, 15) is 20.5 Å². The van der Waals surface area contributed by atoms with E-state index in [1.54, 1.807) is 0 Å². The van der Waals surface area contributed by atoms with Gasteiger partial charge in [-0.1, -0.05) is 29.8 Å². The van der Waals surface area contributed by atoms with Gasteiger partial charge in [0.25, 0.3) is 0 Å². The van der Waals surface area contributed by atoms with Gasteiger partial charge in [0, 0.05) is 17.0 Å². The van der Waals surface area contributed by atoms with Crippen LogP contribution >= 0.6 is 11.3 Å². The van der Waals surface area contributed by atoms with Crippen LogP contribution in [-0.2, 0) is 0 Å². The van der Waals surface area contributed by atoms with Crippen LogP contribution in [0.1, 0.15) is 21.7 Å². The zero-order chi connectivity index (χ0) is 19.6. The number of nitro groups is 1. The van der Waals surface area contributed by atoms with Crippen molar-refractivity contribution in [1.29, 1.82) is 5.26 Å². The Morgan fingerprint density at radius 2 is 2.07 bits per heavy atom. The molecule has 27 heavy (non-hydrogen) atoms. The summed E-state index contributed by atoms with van der Waals surface area (Å²) in [6, 6.07) is 12.2. The molecular weight excluding hydrogens is 362 g/mol. The second-order valence-electron chi connectivity index (χ2n) is 6.03. The number of phenolic OH excluding ortho intramolecular Hbond substituents is 1. The van der Waals surface area contributed by atoms with Crippen LogP contribution in [0.25, 0.3) is 22.9 Å². The summed E-state index contributed by atoms with van der Waals surface area (Å²) in [4.78, 5) is 14.9. The molecule has 7 heteroatoms. The fourth-order valence-electron chi connectivity index (χ4n) is 2.71. The summed E-state index contributed by atoms with van der Waals surface area (Å²) in [5, 5.41) is 32.4.